The van der Waals surface area contributed by atoms with Gasteiger partial charge in [-0.15, -0.1) is 5.01 Å². The fraction of sp³-hybridized carbons (Fsp3) is 0.222. The Balaban J connectivity index is 1.92. The van der Waals surface area contributed by atoms with Crippen LogP contribution in [0.5, 0.6) is 0 Å². The predicted octanol–water partition coefficient (Wildman–Crippen LogP) is 0.250. The molecule has 1 amide bonds. The van der Waals surface area contributed by atoms with Gasteiger partial charge in [0.1, 0.15) is 6.54 Å². The van der Waals surface area contributed by atoms with Crippen LogP contribution < -0.4 is 5.43 Å². The van der Waals surface area contributed by atoms with Gasteiger partial charge in [-0.1, -0.05) is 18.2 Å². The minimum atomic E-state index is -0.766. The topological polar surface area (TPSA) is 75.2 Å². The molecule has 1 aromatic rings. The van der Waals surface area contributed by atoms with Crippen LogP contribution in [0.1, 0.15) is 10.4 Å². The number of nitrogens with zero attached hydrogens (tertiary/aromatic N) is 2. The van der Waals surface area contributed by atoms with Crippen molar-refractivity contribution in [3.05, 3.63) is 46.0 Å². The van der Waals surface area contributed by atoms with Crippen LogP contribution in [0, 0.1) is 10.1 Å². The molecule has 6 nitrogen and oxygen atoms in total. The maximum atomic E-state index is 11.5. The summed E-state index contributed by atoms with van der Waals surface area (Å²) in [7, 11) is 0. The molecular formula is C9H9N3O3. The van der Waals surface area contributed by atoms with Crippen molar-refractivity contribution in [1.82, 2.24) is 10.4 Å². The molecule has 0 saturated carbocycles. The van der Waals surface area contributed by atoms with Gasteiger partial charge in [-0.3, -0.25) is 20.3 Å². The third-order valence-corrected chi connectivity index (χ3v) is 2.11. The molecule has 1 heterocycles. The van der Waals surface area contributed by atoms with Crippen LogP contribution in [0.25, 0.3) is 0 Å². The molecule has 2 rings (SSSR count). The summed E-state index contributed by atoms with van der Waals surface area (Å²) in [6.45, 7) is 0.269. The van der Waals surface area contributed by atoms with Gasteiger partial charge >= 0.3 is 0 Å². The Bertz CT molecular complexity index is 393. The van der Waals surface area contributed by atoms with Crippen molar-refractivity contribution in [2.24, 2.45) is 0 Å². The molecule has 1 aromatic carbocycles. The fourth-order valence-electron chi connectivity index (χ4n) is 1.21. The van der Waals surface area contributed by atoms with Crippen molar-refractivity contribution in [2.75, 3.05) is 6.54 Å². The highest BCUT2D eigenvalue weighted by molar-refractivity contribution is 5.93. The van der Waals surface area contributed by atoms with Crippen LogP contribution in [0.15, 0.2) is 30.3 Å². The summed E-state index contributed by atoms with van der Waals surface area (Å²) >= 11 is 0. The normalized spacial score (nSPS) is 23.2. The third-order valence-electron chi connectivity index (χ3n) is 2.11. The van der Waals surface area contributed by atoms with Gasteiger partial charge in [0.15, 0.2) is 0 Å². The molecule has 0 aromatic heterocycles. The Morgan fingerprint density at radius 3 is 2.67 bits per heavy atom. The first kappa shape index (κ1) is 9.60. The summed E-state index contributed by atoms with van der Waals surface area (Å²) < 4.78 is 0. The lowest BCUT2D eigenvalue weighted by molar-refractivity contribution is -0.506. The van der Waals surface area contributed by atoms with Crippen molar-refractivity contribution in [1.29, 1.82) is 0 Å². The second-order valence-electron chi connectivity index (χ2n) is 3.23. The highest BCUT2D eigenvalue weighted by Gasteiger charge is 2.46. The maximum Gasteiger partial charge on any atom is 0.299 e. The number of hydrogen-bond acceptors (Lipinski definition) is 4. The zero-order chi connectivity index (χ0) is 10.8. The molecule has 1 N–H and O–H groups in total. The third kappa shape index (κ3) is 2.10. The number of amides is 1. The van der Waals surface area contributed by atoms with Crippen molar-refractivity contribution >= 4 is 5.91 Å². The van der Waals surface area contributed by atoms with Gasteiger partial charge in [0.25, 0.3) is 12.1 Å². The van der Waals surface area contributed by atoms with E-state index >= 15 is 0 Å². The van der Waals surface area contributed by atoms with Crippen LogP contribution in [-0.4, -0.2) is 28.5 Å². The standard InChI is InChI=1S/C9H9N3O3/c13-9(7-4-2-1-3-5-7)10-11-6-8(11)12(14)15/h1-5,8H,6H2,(H,10,13). The van der Waals surface area contributed by atoms with Gasteiger partial charge in [0.05, 0.1) is 0 Å². The van der Waals surface area contributed by atoms with E-state index in [1.54, 1.807) is 30.3 Å². The van der Waals surface area contributed by atoms with Crippen molar-refractivity contribution < 1.29 is 9.72 Å². The number of hydrogen-bond donors (Lipinski definition) is 1. The summed E-state index contributed by atoms with van der Waals surface area (Å²) in [5, 5.41) is 11.6. The lowest BCUT2D eigenvalue weighted by atomic mass is 10.2. The first-order valence-electron chi connectivity index (χ1n) is 4.44. The predicted molar refractivity (Wildman–Crippen MR) is 51.4 cm³/mol. The molecule has 1 aliphatic heterocycles. The monoisotopic (exact) mass is 207 g/mol. The van der Waals surface area contributed by atoms with E-state index in [-0.39, 0.29) is 12.5 Å². The molecule has 0 aliphatic carbocycles. The molecule has 1 aliphatic rings. The highest BCUT2D eigenvalue weighted by atomic mass is 16.6. The molecule has 1 fully saturated rings. The molecule has 2 unspecified atom stereocenters. The van der Waals surface area contributed by atoms with Crippen LogP contribution in [0.2, 0.25) is 0 Å². The molecule has 6 heteroatoms. The van der Waals surface area contributed by atoms with Gasteiger partial charge in [-0.25, -0.2) is 0 Å². The van der Waals surface area contributed by atoms with Gasteiger partial charge < -0.3 is 0 Å². The fourth-order valence-corrected chi connectivity index (χ4v) is 1.21. The summed E-state index contributed by atoms with van der Waals surface area (Å²) in [5.74, 6) is -0.319. The van der Waals surface area contributed by atoms with Crippen molar-refractivity contribution in [3.8, 4) is 0 Å². The Kier molecular flexibility index (Phi) is 2.34. The summed E-state index contributed by atoms with van der Waals surface area (Å²) in [6, 6.07) is 8.58. The molecular weight excluding hydrogens is 198 g/mol. The first-order valence-corrected chi connectivity index (χ1v) is 4.44. The first-order chi connectivity index (χ1) is 7.18. The lowest BCUT2D eigenvalue weighted by Gasteiger charge is -2.03. The van der Waals surface area contributed by atoms with E-state index in [4.69, 9.17) is 0 Å². The molecule has 78 valence electrons. The van der Waals surface area contributed by atoms with Gasteiger partial charge in [0.2, 0.25) is 0 Å². The average molecular weight is 207 g/mol. The molecule has 2 atom stereocenters. The SMILES string of the molecule is O=C(NN1CC1[N+](=O)[O-])c1ccccc1. The lowest BCUT2D eigenvalue weighted by Crippen LogP contribution is -2.31. The Hall–Kier alpha value is -1.95. The number of nitrogens with one attached hydrogen (secondary N) is 1. The molecule has 15 heavy (non-hydrogen) atoms. The number of benzene rings is 1. The quantitative estimate of drug-likeness (QED) is 0.438. The second kappa shape index (κ2) is 3.66. The van der Waals surface area contributed by atoms with E-state index < -0.39 is 11.1 Å². The van der Waals surface area contributed by atoms with Crippen LogP contribution in [0.3, 0.4) is 0 Å². The van der Waals surface area contributed by atoms with E-state index in [1.807, 2.05) is 0 Å². The van der Waals surface area contributed by atoms with Gasteiger partial charge in [-0.2, -0.15) is 0 Å². The number of rotatable bonds is 3. The number of carbonyl (C=O) groups excluding carboxylic acids is 1. The minimum Gasteiger partial charge on any atom is -0.279 e. The van der Waals surface area contributed by atoms with Crippen molar-refractivity contribution in [3.63, 3.8) is 0 Å². The van der Waals surface area contributed by atoms with E-state index in [0.29, 0.717) is 5.56 Å². The second-order valence-corrected chi connectivity index (χ2v) is 3.23. The largest absolute Gasteiger partial charge is 0.299 e. The number of hydrazine groups is 1. The van der Waals surface area contributed by atoms with E-state index in [0.717, 1.165) is 0 Å². The average Bonchev–Trinajstić information content (AvgIpc) is 2.98. The Morgan fingerprint density at radius 1 is 1.47 bits per heavy atom. The zero-order valence-corrected chi connectivity index (χ0v) is 7.79. The van der Waals surface area contributed by atoms with Crippen molar-refractivity contribution in [2.45, 2.75) is 6.17 Å². The molecule has 0 bridgehead atoms. The minimum absolute atomic E-state index is 0.269. The molecule has 0 spiro atoms. The maximum absolute atomic E-state index is 11.5. The van der Waals surface area contributed by atoms with E-state index in [2.05, 4.69) is 5.43 Å². The Labute approximate surface area is 85.6 Å². The summed E-state index contributed by atoms with van der Waals surface area (Å²) in [5.41, 5.74) is 2.95. The van der Waals surface area contributed by atoms with Crippen LogP contribution in [-0.2, 0) is 0 Å². The van der Waals surface area contributed by atoms with E-state index in [9.17, 15) is 14.9 Å². The summed E-state index contributed by atoms with van der Waals surface area (Å²) in [4.78, 5) is 21.4. The summed E-state index contributed by atoms with van der Waals surface area (Å²) in [6.07, 6.45) is -0.766. The van der Waals surface area contributed by atoms with Gasteiger partial charge in [0, 0.05) is 10.5 Å². The Morgan fingerprint density at radius 2 is 2.13 bits per heavy atom. The van der Waals surface area contributed by atoms with Gasteiger partial charge in [-0.05, 0) is 12.1 Å². The van der Waals surface area contributed by atoms with Crippen LogP contribution in [0.4, 0.5) is 0 Å². The zero-order valence-electron chi connectivity index (χ0n) is 7.79. The number of carbonyl (C=O) groups is 1. The molecule has 0 radical (unpaired) electrons. The van der Waals surface area contributed by atoms with E-state index in [1.165, 1.54) is 5.01 Å². The highest BCUT2D eigenvalue weighted by Crippen LogP contribution is 2.14. The number of nitro groups is 1. The van der Waals surface area contributed by atoms with Crippen LogP contribution >= 0.6 is 0 Å². The molecule has 1 saturated heterocycles. The smallest absolute Gasteiger partial charge is 0.279 e.